The molecule has 1 unspecified atom stereocenters. The highest BCUT2D eigenvalue weighted by molar-refractivity contribution is 6.06. The summed E-state index contributed by atoms with van der Waals surface area (Å²) in [5.41, 5.74) is 7.07. The molecule has 0 saturated heterocycles. The van der Waals surface area contributed by atoms with Gasteiger partial charge in [0.15, 0.2) is 0 Å². The van der Waals surface area contributed by atoms with Gasteiger partial charge in [-0.25, -0.2) is 0 Å². The van der Waals surface area contributed by atoms with Crippen LogP contribution in [0.2, 0.25) is 0 Å². The van der Waals surface area contributed by atoms with Crippen molar-refractivity contribution in [3.05, 3.63) is 42.1 Å². The van der Waals surface area contributed by atoms with Crippen LogP contribution in [0.4, 0.5) is 0 Å². The number of fused-ring (bicyclic) bond motifs is 1. The van der Waals surface area contributed by atoms with Crippen LogP contribution in [0.15, 0.2) is 36.5 Å². The lowest BCUT2D eigenvalue weighted by Crippen LogP contribution is -2.39. The minimum absolute atomic E-state index is 0.0180. The lowest BCUT2D eigenvalue weighted by Gasteiger charge is -2.15. The molecule has 1 atom stereocenters. The first kappa shape index (κ1) is 12.5. The maximum Gasteiger partial charge on any atom is 0.252 e. The largest absolute Gasteiger partial charge is 0.348 e. The van der Waals surface area contributed by atoms with Gasteiger partial charge in [0, 0.05) is 24.2 Å². The molecular formula is C14H17N3O. The molecule has 1 heterocycles. The average molecular weight is 243 g/mol. The maximum atomic E-state index is 12.2. The third kappa shape index (κ3) is 2.49. The van der Waals surface area contributed by atoms with E-state index in [-0.39, 0.29) is 11.9 Å². The van der Waals surface area contributed by atoms with Gasteiger partial charge in [-0.3, -0.25) is 9.78 Å². The Bertz CT molecular complexity index is 544. The molecule has 1 aromatic heterocycles. The molecule has 18 heavy (non-hydrogen) atoms. The molecule has 0 saturated carbocycles. The van der Waals surface area contributed by atoms with Gasteiger partial charge >= 0.3 is 0 Å². The van der Waals surface area contributed by atoms with Crippen LogP contribution >= 0.6 is 0 Å². The Kier molecular flexibility index (Phi) is 3.89. The summed E-state index contributed by atoms with van der Waals surface area (Å²) < 4.78 is 0. The number of rotatable bonds is 4. The molecule has 0 aliphatic rings. The summed E-state index contributed by atoms with van der Waals surface area (Å²) >= 11 is 0. The molecular weight excluding hydrogens is 226 g/mol. The molecule has 0 spiro atoms. The highest BCUT2D eigenvalue weighted by Gasteiger charge is 2.13. The number of carbonyl (C=O) groups is 1. The Labute approximate surface area is 106 Å². The first-order valence-electron chi connectivity index (χ1n) is 6.11. The van der Waals surface area contributed by atoms with Crippen molar-refractivity contribution in [3.8, 4) is 0 Å². The molecule has 3 N–H and O–H groups in total. The quantitative estimate of drug-likeness (QED) is 0.858. The standard InChI is InChI=1S/C14H17N3O/c1-2-10(9-15)17-14(18)12-7-8-16-13-6-4-3-5-11(12)13/h3-8,10H,2,9,15H2,1H3,(H,17,18). The fourth-order valence-electron chi connectivity index (χ4n) is 1.88. The highest BCUT2D eigenvalue weighted by Crippen LogP contribution is 2.16. The zero-order chi connectivity index (χ0) is 13.0. The smallest absolute Gasteiger partial charge is 0.252 e. The number of pyridine rings is 1. The van der Waals surface area contributed by atoms with Gasteiger partial charge in [0.25, 0.3) is 5.91 Å². The summed E-state index contributed by atoms with van der Waals surface area (Å²) in [5, 5.41) is 3.80. The van der Waals surface area contributed by atoms with E-state index in [9.17, 15) is 4.79 Å². The first-order valence-corrected chi connectivity index (χ1v) is 6.11. The number of carbonyl (C=O) groups excluding carboxylic acids is 1. The van der Waals surface area contributed by atoms with E-state index in [1.54, 1.807) is 12.3 Å². The van der Waals surface area contributed by atoms with Crippen LogP contribution in [0, 0.1) is 0 Å². The molecule has 0 aliphatic carbocycles. The third-order valence-corrected chi connectivity index (χ3v) is 3.01. The van der Waals surface area contributed by atoms with E-state index in [2.05, 4.69) is 10.3 Å². The Hall–Kier alpha value is -1.94. The number of benzene rings is 1. The van der Waals surface area contributed by atoms with Crippen molar-refractivity contribution in [1.29, 1.82) is 0 Å². The molecule has 2 rings (SSSR count). The number of para-hydroxylation sites is 1. The molecule has 1 aromatic carbocycles. The monoisotopic (exact) mass is 243 g/mol. The van der Waals surface area contributed by atoms with Crippen LogP contribution in [-0.2, 0) is 0 Å². The summed E-state index contributed by atoms with van der Waals surface area (Å²) in [6.07, 6.45) is 2.48. The van der Waals surface area contributed by atoms with Crippen molar-refractivity contribution in [3.63, 3.8) is 0 Å². The molecule has 1 amide bonds. The van der Waals surface area contributed by atoms with E-state index in [0.29, 0.717) is 12.1 Å². The minimum Gasteiger partial charge on any atom is -0.348 e. The number of nitrogens with two attached hydrogens (primary N) is 1. The van der Waals surface area contributed by atoms with E-state index in [1.165, 1.54) is 0 Å². The van der Waals surface area contributed by atoms with Crippen LogP contribution in [0.1, 0.15) is 23.7 Å². The van der Waals surface area contributed by atoms with Crippen molar-refractivity contribution in [2.45, 2.75) is 19.4 Å². The Morgan fingerprint density at radius 2 is 2.17 bits per heavy atom. The van der Waals surface area contributed by atoms with E-state index in [1.807, 2.05) is 31.2 Å². The van der Waals surface area contributed by atoms with Crippen LogP contribution in [0.3, 0.4) is 0 Å². The second kappa shape index (κ2) is 5.60. The van der Waals surface area contributed by atoms with Gasteiger partial charge in [-0.2, -0.15) is 0 Å². The number of aromatic nitrogens is 1. The summed E-state index contributed by atoms with van der Waals surface area (Å²) in [4.78, 5) is 16.4. The van der Waals surface area contributed by atoms with Gasteiger partial charge in [-0.05, 0) is 18.6 Å². The van der Waals surface area contributed by atoms with E-state index < -0.39 is 0 Å². The van der Waals surface area contributed by atoms with E-state index in [0.717, 1.165) is 17.3 Å². The van der Waals surface area contributed by atoms with E-state index in [4.69, 9.17) is 5.73 Å². The number of nitrogens with zero attached hydrogens (tertiary/aromatic N) is 1. The molecule has 0 bridgehead atoms. The minimum atomic E-state index is -0.0918. The average Bonchev–Trinajstić information content (AvgIpc) is 2.43. The first-order chi connectivity index (χ1) is 8.76. The van der Waals surface area contributed by atoms with Crippen molar-refractivity contribution < 1.29 is 4.79 Å². The van der Waals surface area contributed by atoms with Crippen LogP contribution < -0.4 is 11.1 Å². The van der Waals surface area contributed by atoms with E-state index >= 15 is 0 Å². The van der Waals surface area contributed by atoms with Crippen LogP contribution in [-0.4, -0.2) is 23.5 Å². The summed E-state index contributed by atoms with van der Waals surface area (Å²) in [5.74, 6) is -0.0918. The van der Waals surface area contributed by atoms with Gasteiger partial charge in [-0.15, -0.1) is 0 Å². The van der Waals surface area contributed by atoms with Crippen LogP contribution in [0.5, 0.6) is 0 Å². The Morgan fingerprint density at radius 3 is 2.89 bits per heavy atom. The second-order valence-corrected chi connectivity index (χ2v) is 4.19. The SMILES string of the molecule is CCC(CN)NC(=O)c1ccnc2ccccc12. The topological polar surface area (TPSA) is 68.0 Å². The van der Waals surface area contributed by atoms with Gasteiger partial charge in [-0.1, -0.05) is 25.1 Å². The highest BCUT2D eigenvalue weighted by atomic mass is 16.1. The fraction of sp³-hybridized carbons (Fsp3) is 0.286. The fourth-order valence-corrected chi connectivity index (χ4v) is 1.88. The predicted octanol–water partition coefficient (Wildman–Crippen LogP) is 1.70. The van der Waals surface area contributed by atoms with Crippen molar-refractivity contribution >= 4 is 16.8 Å². The molecule has 0 fully saturated rings. The third-order valence-electron chi connectivity index (χ3n) is 3.01. The zero-order valence-corrected chi connectivity index (χ0v) is 10.4. The van der Waals surface area contributed by atoms with Crippen molar-refractivity contribution in [2.24, 2.45) is 5.73 Å². The van der Waals surface area contributed by atoms with Gasteiger partial charge in [0.05, 0.1) is 11.1 Å². The van der Waals surface area contributed by atoms with Gasteiger partial charge in [0.1, 0.15) is 0 Å². The Morgan fingerprint density at radius 1 is 1.39 bits per heavy atom. The molecule has 94 valence electrons. The lowest BCUT2D eigenvalue weighted by atomic mass is 10.1. The predicted molar refractivity (Wildman–Crippen MR) is 72.3 cm³/mol. The molecule has 4 heteroatoms. The summed E-state index contributed by atoms with van der Waals surface area (Å²) in [6.45, 7) is 2.45. The van der Waals surface area contributed by atoms with Gasteiger partial charge in [0.2, 0.25) is 0 Å². The Balaban J connectivity index is 2.33. The zero-order valence-electron chi connectivity index (χ0n) is 10.4. The van der Waals surface area contributed by atoms with Crippen LogP contribution in [0.25, 0.3) is 10.9 Å². The summed E-state index contributed by atoms with van der Waals surface area (Å²) in [6, 6.07) is 9.37. The second-order valence-electron chi connectivity index (χ2n) is 4.19. The summed E-state index contributed by atoms with van der Waals surface area (Å²) in [7, 11) is 0. The molecule has 0 radical (unpaired) electrons. The van der Waals surface area contributed by atoms with Gasteiger partial charge < -0.3 is 11.1 Å². The molecule has 4 nitrogen and oxygen atoms in total. The van der Waals surface area contributed by atoms with Crippen molar-refractivity contribution in [2.75, 3.05) is 6.54 Å². The molecule has 2 aromatic rings. The number of hydrogen-bond donors (Lipinski definition) is 2. The number of amides is 1. The molecule has 0 aliphatic heterocycles. The number of nitrogens with one attached hydrogen (secondary N) is 1. The van der Waals surface area contributed by atoms with Crippen molar-refractivity contribution in [1.82, 2.24) is 10.3 Å². The normalized spacial score (nSPS) is 12.3. The maximum absolute atomic E-state index is 12.2. The lowest BCUT2D eigenvalue weighted by molar-refractivity contribution is 0.0939. The number of hydrogen-bond acceptors (Lipinski definition) is 3.